The topological polar surface area (TPSA) is 76.1 Å². The second-order valence-electron chi connectivity index (χ2n) is 5.53. The number of nitrogens with two attached hydrogens (primary N) is 2. The largest absolute Gasteiger partial charge is 0.349 e. The molecule has 20 heavy (non-hydrogen) atoms. The van der Waals surface area contributed by atoms with E-state index >= 15 is 0 Å². The van der Waals surface area contributed by atoms with Crippen LogP contribution < -0.4 is 22.1 Å². The van der Waals surface area contributed by atoms with Gasteiger partial charge in [0.05, 0.1) is 11.4 Å². The molecular weight excluding hydrogens is 248 g/mol. The van der Waals surface area contributed by atoms with E-state index in [-0.39, 0.29) is 0 Å². The molecule has 1 aliphatic rings. The van der Waals surface area contributed by atoms with Crippen molar-refractivity contribution in [1.29, 1.82) is 0 Å². The van der Waals surface area contributed by atoms with E-state index in [0.29, 0.717) is 0 Å². The number of fused-ring (bicyclic) bond motifs is 3. The second-order valence-corrected chi connectivity index (χ2v) is 5.53. The van der Waals surface area contributed by atoms with Gasteiger partial charge >= 0.3 is 0 Å². The number of rotatable bonds is 5. The van der Waals surface area contributed by atoms with Gasteiger partial charge < -0.3 is 16.4 Å². The van der Waals surface area contributed by atoms with Crippen molar-refractivity contribution in [3.05, 3.63) is 36.4 Å². The van der Waals surface area contributed by atoms with Crippen molar-refractivity contribution in [2.75, 3.05) is 17.2 Å². The molecule has 106 valence electrons. The van der Waals surface area contributed by atoms with Crippen LogP contribution >= 0.6 is 0 Å². The molecule has 4 heteroatoms. The molecule has 0 aliphatic carbocycles. The Morgan fingerprint density at radius 2 is 1.80 bits per heavy atom. The lowest BCUT2D eigenvalue weighted by Gasteiger charge is -2.25. The van der Waals surface area contributed by atoms with Gasteiger partial charge in [-0.1, -0.05) is 36.8 Å². The van der Waals surface area contributed by atoms with Crippen LogP contribution in [0, 0.1) is 0 Å². The van der Waals surface area contributed by atoms with Crippen LogP contribution in [-0.4, -0.2) is 12.3 Å². The second kappa shape index (κ2) is 5.31. The van der Waals surface area contributed by atoms with E-state index in [2.05, 4.69) is 47.0 Å². The van der Waals surface area contributed by atoms with Crippen molar-refractivity contribution in [2.45, 2.75) is 31.5 Å². The molecule has 0 radical (unpaired) electrons. The molecular formula is C16H22N4. The zero-order valence-corrected chi connectivity index (χ0v) is 11.7. The summed E-state index contributed by atoms with van der Waals surface area (Å²) >= 11 is 0. The van der Waals surface area contributed by atoms with Gasteiger partial charge in [-0.15, -0.1) is 0 Å². The quantitative estimate of drug-likeness (QED) is 0.630. The highest BCUT2D eigenvalue weighted by Gasteiger charge is 2.32. The molecule has 0 bridgehead atoms. The van der Waals surface area contributed by atoms with E-state index in [9.17, 15) is 0 Å². The highest BCUT2D eigenvalue weighted by molar-refractivity contribution is 6.02. The van der Waals surface area contributed by atoms with Crippen LogP contribution in [0.1, 0.15) is 25.7 Å². The standard InChI is InChI=1S/C16H22N4/c17-11-5-1-4-10-16(18)19-14-9-8-12-6-2-3-7-13(12)15(14)20-16/h2-3,6-9,19-20H,1,4-5,10-11,17-18H2. The number of benzene rings is 2. The Hall–Kier alpha value is -1.78. The maximum Gasteiger partial charge on any atom is 0.161 e. The zero-order chi connectivity index (χ0) is 14.0. The molecule has 1 unspecified atom stereocenters. The molecule has 1 heterocycles. The van der Waals surface area contributed by atoms with E-state index in [1.807, 2.05) is 0 Å². The molecule has 4 nitrogen and oxygen atoms in total. The summed E-state index contributed by atoms with van der Waals surface area (Å²) in [5.41, 5.74) is 14.2. The summed E-state index contributed by atoms with van der Waals surface area (Å²) in [6.45, 7) is 0.753. The van der Waals surface area contributed by atoms with Gasteiger partial charge in [-0.05, 0) is 30.8 Å². The van der Waals surface area contributed by atoms with E-state index in [4.69, 9.17) is 11.5 Å². The maximum atomic E-state index is 6.43. The zero-order valence-electron chi connectivity index (χ0n) is 11.7. The fourth-order valence-electron chi connectivity index (χ4n) is 2.85. The minimum Gasteiger partial charge on any atom is -0.349 e. The molecule has 2 aromatic carbocycles. The summed E-state index contributed by atoms with van der Waals surface area (Å²) in [5, 5.41) is 9.33. The summed E-state index contributed by atoms with van der Waals surface area (Å²) in [7, 11) is 0. The van der Waals surface area contributed by atoms with Gasteiger partial charge in [-0.2, -0.15) is 0 Å². The van der Waals surface area contributed by atoms with E-state index in [1.54, 1.807) is 0 Å². The normalized spacial score (nSPS) is 20.5. The fraction of sp³-hybridized carbons (Fsp3) is 0.375. The van der Waals surface area contributed by atoms with Crippen LogP contribution in [0.2, 0.25) is 0 Å². The van der Waals surface area contributed by atoms with Gasteiger partial charge in [0.2, 0.25) is 0 Å². The third-order valence-corrected chi connectivity index (χ3v) is 3.91. The minimum atomic E-state index is -0.541. The highest BCUT2D eigenvalue weighted by Crippen LogP contribution is 2.39. The van der Waals surface area contributed by atoms with Crippen molar-refractivity contribution >= 4 is 22.1 Å². The Morgan fingerprint density at radius 3 is 2.65 bits per heavy atom. The Morgan fingerprint density at radius 1 is 0.950 bits per heavy atom. The maximum absolute atomic E-state index is 6.43. The molecule has 0 saturated heterocycles. The van der Waals surface area contributed by atoms with Crippen LogP contribution in [0.5, 0.6) is 0 Å². The predicted octanol–water partition coefficient (Wildman–Crippen LogP) is 2.81. The first-order chi connectivity index (χ1) is 9.72. The Labute approximate surface area is 119 Å². The number of anilines is 2. The third-order valence-electron chi connectivity index (χ3n) is 3.91. The molecule has 0 saturated carbocycles. The summed E-state index contributed by atoms with van der Waals surface area (Å²) < 4.78 is 0. The smallest absolute Gasteiger partial charge is 0.161 e. The molecule has 1 aliphatic heterocycles. The fourth-order valence-corrected chi connectivity index (χ4v) is 2.85. The van der Waals surface area contributed by atoms with Crippen molar-refractivity contribution in [3.8, 4) is 0 Å². The average molecular weight is 270 g/mol. The van der Waals surface area contributed by atoms with E-state index in [1.165, 1.54) is 10.8 Å². The van der Waals surface area contributed by atoms with Crippen molar-refractivity contribution < 1.29 is 0 Å². The molecule has 0 amide bonds. The number of hydrogen-bond acceptors (Lipinski definition) is 4. The first kappa shape index (κ1) is 13.2. The molecule has 0 fully saturated rings. The van der Waals surface area contributed by atoms with E-state index in [0.717, 1.165) is 43.6 Å². The summed E-state index contributed by atoms with van der Waals surface area (Å²) in [4.78, 5) is 0. The van der Waals surface area contributed by atoms with Gasteiger partial charge in [0.25, 0.3) is 0 Å². The molecule has 0 spiro atoms. The van der Waals surface area contributed by atoms with Gasteiger partial charge in [0.1, 0.15) is 0 Å². The van der Waals surface area contributed by atoms with Crippen LogP contribution in [0.4, 0.5) is 11.4 Å². The van der Waals surface area contributed by atoms with Crippen LogP contribution in [-0.2, 0) is 0 Å². The average Bonchev–Trinajstić information content (AvgIpc) is 2.81. The van der Waals surface area contributed by atoms with Gasteiger partial charge in [0, 0.05) is 11.8 Å². The van der Waals surface area contributed by atoms with Gasteiger partial charge in [0.15, 0.2) is 5.79 Å². The number of unbranched alkanes of at least 4 members (excludes halogenated alkanes) is 2. The lowest BCUT2D eigenvalue weighted by molar-refractivity contribution is 0.482. The highest BCUT2D eigenvalue weighted by atomic mass is 15.3. The predicted molar refractivity (Wildman–Crippen MR) is 85.6 cm³/mol. The van der Waals surface area contributed by atoms with Crippen molar-refractivity contribution in [2.24, 2.45) is 11.5 Å². The summed E-state index contributed by atoms with van der Waals surface area (Å²) in [6, 6.07) is 12.6. The first-order valence-electron chi connectivity index (χ1n) is 7.29. The Balaban J connectivity index is 1.79. The molecule has 3 rings (SSSR count). The van der Waals surface area contributed by atoms with E-state index < -0.39 is 5.79 Å². The molecule has 2 aromatic rings. The minimum absolute atomic E-state index is 0.541. The van der Waals surface area contributed by atoms with Crippen LogP contribution in [0.25, 0.3) is 10.8 Å². The Kier molecular flexibility index (Phi) is 3.51. The van der Waals surface area contributed by atoms with Crippen LogP contribution in [0.15, 0.2) is 36.4 Å². The first-order valence-corrected chi connectivity index (χ1v) is 7.29. The molecule has 6 N–H and O–H groups in total. The Bertz CT molecular complexity index is 610. The lowest BCUT2D eigenvalue weighted by Crippen LogP contribution is -2.51. The number of nitrogens with one attached hydrogen (secondary N) is 2. The van der Waals surface area contributed by atoms with Crippen molar-refractivity contribution in [3.63, 3.8) is 0 Å². The monoisotopic (exact) mass is 270 g/mol. The molecule has 0 aromatic heterocycles. The SMILES string of the molecule is NCCCCCC1(N)Nc2ccc3ccccc3c2N1. The summed E-state index contributed by atoms with van der Waals surface area (Å²) in [5.74, 6) is -0.541. The lowest BCUT2D eigenvalue weighted by atomic mass is 10.1. The number of hydrogen-bond donors (Lipinski definition) is 4. The van der Waals surface area contributed by atoms with Gasteiger partial charge in [-0.3, -0.25) is 5.73 Å². The third kappa shape index (κ3) is 2.44. The van der Waals surface area contributed by atoms with Gasteiger partial charge in [-0.25, -0.2) is 0 Å². The van der Waals surface area contributed by atoms with Crippen molar-refractivity contribution in [1.82, 2.24) is 0 Å². The molecule has 1 atom stereocenters. The summed E-state index contributed by atoms with van der Waals surface area (Å²) in [6.07, 6.45) is 4.14. The van der Waals surface area contributed by atoms with Crippen LogP contribution in [0.3, 0.4) is 0 Å².